The number of amides is 2. The van der Waals surface area contributed by atoms with E-state index in [1.54, 1.807) is 36.4 Å². The molecule has 0 aliphatic heterocycles. The Kier molecular flexibility index (Phi) is 7.88. The van der Waals surface area contributed by atoms with Crippen LogP contribution in [0.25, 0.3) is 0 Å². The molecular weight excluding hydrogens is 380 g/mol. The molecule has 2 aromatic rings. The Bertz CT molecular complexity index is 853. The van der Waals surface area contributed by atoms with Crippen molar-refractivity contribution in [1.29, 1.82) is 0 Å². The fourth-order valence-electron chi connectivity index (χ4n) is 2.46. The van der Waals surface area contributed by atoms with Crippen molar-refractivity contribution in [2.75, 3.05) is 18.2 Å². The van der Waals surface area contributed by atoms with E-state index >= 15 is 0 Å². The van der Waals surface area contributed by atoms with Crippen LogP contribution < -0.4 is 10.6 Å². The van der Waals surface area contributed by atoms with E-state index in [9.17, 15) is 18.6 Å². The summed E-state index contributed by atoms with van der Waals surface area (Å²) in [6.07, 6.45) is 0.171. The number of rotatable bonds is 8. The highest BCUT2D eigenvalue weighted by molar-refractivity contribution is 7.85. The number of hydrogen-bond acceptors (Lipinski definition) is 5. The van der Waals surface area contributed by atoms with Crippen LogP contribution in [0.2, 0.25) is 0 Å². The average molecular weight is 402 g/mol. The van der Waals surface area contributed by atoms with Gasteiger partial charge in [0.1, 0.15) is 6.04 Å². The topological polar surface area (TPSA) is 102 Å². The molecule has 0 bridgehead atoms. The fourth-order valence-corrected chi connectivity index (χ4v) is 3.60. The minimum Gasteiger partial charge on any atom is -0.467 e. The van der Waals surface area contributed by atoms with Gasteiger partial charge in [-0.15, -0.1) is 0 Å². The first-order valence-corrected chi connectivity index (χ1v) is 9.92. The number of esters is 1. The van der Waals surface area contributed by atoms with Crippen molar-refractivity contribution in [1.82, 2.24) is 5.32 Å². The smallest absolute Gasteiger partial charge is 0.328 e. The number of anilines is 1. The van der Waals surface area contributed by atoms with Gasteiger partial charge < -0.3 is 15.4 Å². The van der Waals surface area contributed by atoms with Gasteiger partial charge >= 0.3 is 5.97 Å². The minimum absolute atomic E-state index is 0.171. The molecule has 0 saturated heterocycles. The van der Waals surface area contributed by atoms with E-state index in [1.165, 1.54) is 26.2 Å². The third kappa shape index (κ3) is 6.31. The van der Waals surface area contributed by atoms with Crippen molar-refractivity contribution >= 4 is 34.3 Å². The predicted molar refractivity (Wildman–Crippen MR) is 106 cm³/mol. The summed E-state index contributed by atoms with van der Waals surface area (Å²) in [5.74, 6) is -1.08. The highest BCUT2D eigenvalue weighted by Gasteiger charge is 2.23. The van der Waals surface area contributed by atoms with E-state index in [1.807, 2.05) is 6.07 Å². The minimum atomic E-state index is -1.29. The van der Waals surface area contributed by atoms with Crippen LogP contribution in [0.3, 0.4) is 0 Å². The summed E-state index contributed by atoms with van der Waals surface area (Å²) in [6, 6.07) is 14.2. The number of hydrogen-bond donors (Lipinski definition) is 2. The molecular formula is C20H22N2O5S. The first-order chi connectivity index (χ1) is 13.4. The number of methoxy groups -OCH3 is 1. The molecule has 28 heavy (non-hydrogen) atoms. The molecule has 0 spiro atoms. The van der Waals surface area contributed by atoms with Gasteiger partial charge in [0.2, 0.25) is 5.91 Å². The van der Waals surface area contributed by atoms with Crippen LogP contribution in [0.1, 0.15) is 23.7 Å². The van der Waals surface area contributed by atoms with Crippen LogP contribution in [0, 0.1) is 0 Å². The summed E-state index contributed by atoms with van der Waals surface area (Å²) in [4.78, 5) is 36.2. The van der Waals surface area contributed by atoms with Gasteiger partial charge in [-0.1, -0.05) is 18.2 Å². The third-order valence-electron chi connectivity index (χ3n) is 3.86. The fraction of sp³-hybridized carbons (Fsp3) is 0.250. The summed E-state index contributed by atoms with van der Waals surface area (Å²) < 4.78 is 17.1. The summed E-state index contributed by atoms with van der Waals surface area (Å²) in [5, 5.41) is 5.22. The number of carbonyl (C=O) groups excluding carboxylic acids is 3. The maximum absolute atomic E-state index is 12.4. The first kappa shape index (κ1) is 21.3. The molecule has 0 fully saturated rings. The normalized spacial score (nSPS) is 12.5. The Morgan fingerprint density at radius 2 is 1.68 bits per heavy atom. The van der Waals surface area contributed by atoms with Gasteiger partial charge in [0.25, 0.3) is 5.91 Å². The Balaban J connectivity index is 2.01. The monoisotopic (exact) mass is 402 g/mol. The lowest BCUT2D eigenvalue weighted by molar-refractivity contribution is -0.142. The van der Waals surface area contributed by atoms with Gasteiger partial charge in [-0.3, -0.25) is 13.8 Å². The van der Waals surface area contributed by atoms with Gasteiger partial charge in [0, 0.05) is 28.8 Å². The van der Waals surface area contributed by atoms with Crippen molar-refractivity contribution in [2.45, 2.75) is 24.3 Å². The lowest BCUT2D eigenvalue weighted by Crippen LogP contribution is -2.42. The quantitative estimate of drug-likeness (QED) is 0.659. The molecule has 0 saturated carbocycles. The first-order valence-electron chi connectivity index (χ1n) is 8.60. The maximum Gasteiger partial charge on any atom is 0.328 e. The molecule has 0 aliphatic carbocycles. The molecule has 7 nitrogen and oxygen atoms in total. The number of ether oxygens (including phenoxy) is 1. The lowest BCUT2D eigenvalue weighted by atomic mass is 10.1. The largest absolute Gasteiger partial charge is 0.467 e. The van der Waals surface area contributed by atoms with Crippen molar-refractivity contribution in [3.8, 4) is 0 Å². The van der Waals surface area contributed by atoms with Gasteiger partial charge in [-0.25, -0.2) is 4.79 Å². The Morgan fingerprint density at radius 1 is 1.04 bits per heavy atom. The van der Waals surface area contributed by atoms with E-state index in [4.69, 9.17) is 4.74 Å². The van der Waals surface area contributed by atoms with Crippen molar-refractivity contribution < 1.29 is 23.3 Å². The molecule has 8 heteroatoms. The van der Waals surface area contributed by atoms with Crippen LogP contribution in [0.15, 0.2) is 59.5 Å². The van der Waals surface area contributed by atoms with Crippen LogP contribution in [0.4, 0.5) is 5.69 Å². The van der Waals surface area contributed by atoms with Crippen molar-refractivity contribution in [3.63, 3.8) is 0 Å². The predicted octanol–water partition coefficient (Wildman–Crippen LogP) is 2.11. The highest BCUT2D eigenvalue weighted by Crippen LogP contribution is 2.11. The molecule has 2 rings (SSSR count). The summed E-state index contributed by atoms with van der Waals surface area (Å²) in [7, 11) is -0.0560. The van der Waals surface area contributed by atoms with Crippen molar-refractivity contribution in [2.24, 2.45) is 0 Å². The van der Waals surface area contributed by atoms with E-state index in [0.29, 0.717) is 16.1 Å². The molecule has 2 atom stereocenters. The van der Waals surface area contributed by atoms with Gasteiger partial charge in [-0.2, -0.15) is 0 Å². The summed E-state index contributed by atoms with van der Waals surface area (Å²) in [5.41, 5.74) is 0.888. The standard InChI is InChI=1S/C20H22N2O5S/c1-14(23)21-16-10-8-15(9-11-16)19(24)22-18(20(25)27-2)12-13-28(26)17-6-4-3-5-7-17/h3-11,18H,12-13H2,1-2H3,(H,21,23)(H,22,24)/t18-,28-/m1/s1. The third-order valence-corrected chi connectivity index (χ3v) is 5.26. The maximum atomic E-state index is 12.4. The molecule has 2 aromatic carbocycles. The second-order valence-electron chi connectivity index (χ2n) is 5.96. The van der Waals surface area contributed by atoms with Crippen LogP contribution >= 0.6 is 0 Å². The summed E-state index contributed by atoms with van der Waals surface area (Å²) in [6.45, 7) is 1.39. The van der Waals surface area contributed by atoms with Crippen LogP contribution in [-0.2, 0) is 25.1 Å². The highest BCUT2D eigenvalue weighted by atomic mass is 32.2. The van der Waals surface area contributed by atoms with Gasteiger partial charge in [-0.05, 0) is 42.8 Å². The second-order valence-corrected chi connectivity index (χ2v) is 7.53. The zero-order chi connectivity index (χ0) is 20.5. The number of carbonyl (C=O) groups is 3. The molecule has 2 N–H and O–H groups in total. The van der Waals surface area contributed by atoms with Crippen LogP contribution in [0.5, 0.6) is 0 Å². The summed E-state index contributed by atoms with van der Waals surface area (Å²) >= 11 is 0. The molecule has 0 aliphatic rings. The Morgan fingerprint density at radius 3 is 2.25 bits per heavy atom. The molecule has 2 amide bonds. The molecule has 148 valence electrons. The van der Waals surface area contributed by atoms with Crippen molar-refractivity contribution in [3.05, 3.63) is 60.2 Å². The SMILES string of the molecule is COC(=O)[C@@H](CC[S@@](=O)c1ccccc1)NC(=O)c1ccc(NC(C)=O)cc1. The zero-order valence-corrected chi connectivity index (χ0v) is 16.5. The molecule has 0 radical (unpaired) electrons. The van der Waals surface area contributed by atoms with E-state index in [-0.39, 0.29) is 18.1 Å². The average Bonchev–Trinajstić information content (AvgIpc) is 2.70. The zero-order valence-electron chi connectivity index (χ0n) is 15.6. The molecule has 0 unspecified atom stereocenters. The van der Waals surface area contributed by atoms with Gasteiger partial charge in [0.15, 0.2) is 0 Å². The number of benzene rings is 2. The Labute approximate surface area is 165 Å². The van der Waals surface area contributed by atoms with E-state index < -0.39 is 28.7 Å². The number of nitrogens with one attached hydrogen (secondary N) is 2. The molecule has 0 heterocycles. The lowest BCUT2D eigenvalue weighted by Gasteiger charge is -2.16. The van der Waals surface area contributed by atoms with E-state index in [0.717, 1.165) is 0 Å². The van der Waals surface area contributed by atoms with Crippen LogP contribution in [-0.4, -0.2) is 40.9 Å². The second kappa shape index (κ2) is 10.4. The van der Waals surface area contributed by atoms with Gasteiger partial charge in [0.05, 0.1) is 17.9 Å². The Hall–Kier alpha value is -3.00. The van der Waals surface area contributed by atoms with E-state index in [2.05, 4.69) is 10.6 Å². The molecule has 0 aromatic heterocycles.